The van der Waals surface area contributed by atoms with Gasteiger partial charge in [-0.25, -0.2) is 0 Å². The molecule has 0 unspecified atom stereocenters. The number of hydrogen-bond acceptors (Lipinski definition) is 3. The van der Waals surface area contributed by atoms with Crippen molar-refractivity contribution in [3.8, 4) is 0 Å². The van der Waals surface area contributed by atoms with Gasteiger partial charge in [0.15, 0.2) is 0 Å². The molecule has 0 aromatic rings. The van der Waals surface area contributed by atoms with Crippen LogP contribution in [0.2, 0.25) is 0 Å². The minimum absolute atomic E-state index is 0.221. The molecular weight excluding hydrogens is 152 g/mol. The molecule has 2 aliphatic rings. The normalized spacial score (nSPS) is 28.8. The molecule has 2 fully saturated rings. The first-order valence-corrected chi connectivity index (χ1v) is 4.88. The summed E-state index contributed by atoms with van der Waals surface area (Å²) >= 11 is 0. The van der Waals surface area contributed by atoms with Crippen LogP contribution in [0.3, 0.4) is 0 Å². The molecule has 0 atom stereocenters. The maximum atomic E-state index is 6.01. The molecule has 0 radical (unpaired) electrons. The lowest BCUT2D eigenvalue weighted by atomic mass is 10.2. The molecule has 0 amide bonds. The molecule has 3 nitrogen and oxygen atoms in total. The van der Waals surface area contributed by atoms with Gasteiger partial charge >= 0.3 is 0 Å². The van der Waals surface area contributed by atoms with E-state index in [4.69, 9.17) is 10.5 Å². The number of nitrogens with zero attached hydrogens (tertiary/aromatic N) is 1. The Morgan fingerprint density at radius 1 is 1.25 bits per heavy atom. The molecule has 0 aromatic heterocycles. The average molecular weight is 170 g/mol. The van der Waals surface area contributed by atoms with Gasteiger partial charge in [-0.15, -0.1) is 0 Å². The van der Waals surface area contributed by atoms with Gasteiger partial charge in [0.05, 0.1) is 13.2 Å². The predicted octanol–water partition coefficient (Wildman–Crippen LogP) is 0.200. The Labute approximate surface area is 73.9 Å². The molecule has 0 aromatic carbocycles. The van der Waals surface area contributed by atoms with Crippen molar-refractivity contribution in [3.05, 3.63) is 0 Å². The monoisotopic (exact) mass is 170 g/mol. The second kappa shape index (κ2) is 3.32. The van der Waals surface area contributed by atoms with Crippen LogP contribution in [0.5, 0.6) is 0 Å². The molecule has 12 heavy (non-hydrogen) atoms. The lowest BCUT2D eigenvalue weighted by Crippen LogP contribution is -2.39. The molecule has 1 aliphatic heterocycles. The Balaban J connectivity index is 1.65. The van der Waals surface area contributed by atoms with Crippen molar-refractivity contribution in [2.45, 2.75) is 24.8 Å². The number of ether oxygens (including phenoxy) is 1. The summed E-state index contributed by atoms with van der Waals surface area (Å²) in [4.78, 5) is 2.45. The number of morpholine rings is 1. The maximum Gasteiger partial charge on any atom is 0.0594 e. The van der Waals surface area contributed by atoms with E-state index in [2.05, 4.69) is 4.90 Å². The Morgan fingerprint density at radius 2 is 1.92 bits per heavy atom. The zero-order valence-electron chi connectivity index (χ0n) is 7.59. The quantitative estimate of drug-likeness (QED) is 0.657. The van der Waals surface area contributed by atoms with Crippen molar-refractivity contribution in [2.75, 3.05) is 32.8 Å². The summed E-state index contributed by atoms with van der Waals surface area (Å²) in [5.41, 5.74) is 6.23. The van der Waals surface area contributed by atoms with Crippen LogP contribution < -0.4 is 5.73 Å². The number of rotatable bonds is 3. The first-order valence-electron chi connectivity index (χ1n) is 4.88. The fourth-order valence-corrected chi connectivity index (χ4v) is 1.62. The Kier molecular flexibility index (Phi) is 2.35. The van der Waals surface area contributed by atoms with Crippen LogP contribution in [0.15, 0.2) is 0 Å². The van der Waals surface area contributed by atoms with Crippen LogP contribution in [-0.4, -0.2) is 43.3 Å². The summed E-state index contributed by atoms with van der Waals surface area (Å²) < 4.78 is 5.27. The first-order chi connectivity index (χ1) is 5.79. The third-order valence-corrected chi connectivity index (χ3v) is 2.92. The van der Waals surface area contributed by atoms with E-state index in [1.807, 2.05) is 0 Å². The highest BCUT2D eigenvalue weighted by atomic mass is 16.5. The minimum Gasteiger partial charge on any atom is -0.379 e. The van der Waals surface area contributed by atoms with Crippen LogP contribution in [0.25, 0.3) is 0 Å². The molecule has 2 rings (SSSR count). The number of hydrogen-bond donors (Lipinski definition) is 1. The second-order valence-electron chi connectivity index (χ2n) is 4.07. The maximum absolute atomic E-state index is 6.01. The van der Waals surface area contributed by atoms with E-state index >= 15 is 0 Å². The summed E-state index contributed by atoms with van der Waals surface area (Å²) in [5, 5.41) is 0. The van der Waals surface area contributed by atoms with E-state index in [-0.39, 0.29) is 5.54 Å². The van der Waals surface area contributed by atoms with E-state index in [1.54, 1.807) is 0 Å². The van der Waals surface area contributed by atoms with Gasteiger partial charge in [0, 0.05) is 25.2 Å². The standard InChI is InChI=1S/C9H18N2O/c10-9(1-2-9)3-4-11-5-7-12-8-6-11/h1-8,10H2. The molecule has 70 valence electrons. The molecular formula is C9H18N2O. The Hall–Kier alpha value is -0.120. The third-order valence-electron chi connectivity index (χ3n) is 2.92. The summed E-state index contributed by atoms with van der Waals surface area (Å²) in [6, 6.07) is 0. The molecule has 1 saturated heterocycles. The SMILES string of the molecule is NC1(CCN2CCOCC2)CC1. The van der Waals surface area contributed by atoms with Crippen LogP contribution in [0.1, 0.15) is 19.3 Å². The van der Waals surface area contributed by atoms with E-state index in [0.717, 1.165) is 26.3 Å². The predicted molar refractivity (Wildman–Crippen MR) is 48.0 cm³/mol. The van der Waals surface area contributed by atoms with Crippen molar-refractivity contribution in [1.29, 1.82) is 0 Å². The van der Waals surface area contributed by atoms with Crippen molar-refractivity contribution in [1.82, 2.24) is 4.90 Å². The van der Waals surface area contributed by atoms with Crippen molar-refractivity contribution >= 4 is 0 Å². The van der Waals surface area contributed by atoms with Gasteiger partial charge in [0.1, 0.15) is 0 Å². The Morgan fingerprint density at radius 3 is 2.50 bits per heavy atom. The molecule has 0 spiro atoms. The van der Waals surface area contributed by atoms with Gasteiger partial charge in [-0.2, -0.15) is 0 Å². The smallest absolute Gasteiger partial charge is 0.0594 e. The second-order valence-corrected chi connectivity index (χ2v) is 4.07. The first kappa shape index (κ1) is 8.48. The summed E-state index contributed by atoms with van der Waals surface area (Å²) in [6.45, 7) is 5.15. The van der Waals surface area contributed by atoms with E-state index in [1.165, 1.54) is 25.8 Å². The zero-order chi connectivity index (χ0) is 8.44. The largest absolute Gasteiger partial charge is 0.379 e. The Bertz CT molecular complexity index is 151. The number of nitrogens with two attached hydrogens (primary N) is 1. The molecule has 1 heterocycles. The lowest BCUT2D eigenvalue weighted by molar-refractivity contribution is 0.0363. The van der Waals surface area contributed by atoms with Crippen LogP contribution in [0.4, 0.5) is 0 Å². The fourth-order valence-electron chi connectivity index (χ4n) is 1.62. The summed E-state index contributed by atoms with van der Waals surface area (Å²) in [6.07, 6.45) is 3.64. The molecule has 1 saturated carbocycles. The molecule has 1 aliphatic carbocycles. The highest BCUT2D eigenvalue weighted by Gasteiger charge is 2.37. The fraction of sp³-hybridized carbons (Fsp3) is 1.00. The van der Waals surface area contributed by atoms with Gasteiger partial charge in [-0.1, -0.05) is 0 Å². The molecule has 3 heteroatoms. The molecule has 0 bridgehead atoms. The zero-order valence-corrected chi connectivity index (χ0v) is 7.59. The van der Waals surface area contributed by atoms with Crippen LogP contribution in [-0.2, 0) is 4.74 Å². The van der Waals surface area contributed by atoms with Crippen molar-refractivity contribution in [3.63, 3.8) is 0 Å². The summed E-state index contributed by atoms with van der Waals surface area (Å²) in [5.74, 6) is 0. The van der Waals surface area contributed by atoms with Gasteiger partial charge in [-0.3, -0.25) is 4.90 Å². The van der Waals surface area contributed by atoms with Gasteiger partial charge in [0.2, 0.25) is 0 Å². The third kappa shape index (κ3) is 2.19. The topological polar surface area (TPSA) is 38.5 Å². The lowest BCUT2D eigenvalue weighted by Gasteiger charge is -2.27. The van der Waals surface area contributed by atoms with Crippen LogP contribution in [0, 0.1) is 0 Å². The van der Waals surface area contributed by atoms with Crippen molar-refractivity contribution in [2.24, 2.45) is 5.73 Å². The van der Waals surface area contributed by atoms with Gasteiger partial charge in [0.25, 0.3) is 0 Å². The highest BCUT2D eigenvalue weighted by Crippen LogP contribution is 2.35. The van der Waals surface area contributed by atoms with Gasteiger partial charge in [-0.05, 0) is 19.3 Å². The highest BCUT2D eigenvalue weighted by molar-refractivity contribution is 4.98. The summed E-state index contributed by atoms with van der Waals surface area (Å²) in [7, 11) is 0. The van der Waals surface area contributed by atoms with E-state index in [0.29, 0.717) is 0 Å². The van der Waals surface area contributed by atoms with Crippen molar-refractivity contribution < 1.29 is 4.74 Å². The van der Waals surface area contributed by atoms with E-state index < -0.39 is 0 Å². The van der Waals surface area contributed by atoms with Gasteiger partial charge < -0.3 is 10.5 Å². The minimum atomic E-state index is 0.221. The molecule has 2 N–H and O–H groups in total. The average Bonchev–Trinajstić information content (AvgIpc) is 2.84. The van der Waals surface area contributed by atoms with E-state index in [9.17, 15) is 0 Å². The van der Waals surface area contributed by atoms with Crippen LogP contribution >= 0.6 is 0 Å².